The van der Waals surface area contributed by atoms with E-state index in [9.17, 15) is 13.2 Å². The summed E-state index contributed by atoms with van der Waals surface area (Å²) in [6.07, 6.45) is -4.39. The molecule has 0 spiro atoms. The maximum absolute atomic E-state index is 13.4. The highest BCUT2D eigenvalue weighted by molar-refractivity contribution is 5.91. The molecule has 20 heavy (non-hydrogen) atoms. The zero-order valence-corrected chi connectivity index (χ0v) is 10.8. The summed E-state index contributed by atoms with van der Waals surface area (Å²) in [5.41, 5.74) is 1.57. The summed E-state index contributed by atoms with van der Waals surface area (Å²) >= 11 is 0. The van der Waals surface area contributed by atoms with Crippen molar-refractivity contribution in [2.45, 2.75) is 13.1 Å². The van der Waals surface area contributed by atoms with E-state index in [2.05, 4.69) is 4.98 Å². The van der Waals surface area contributed by atoms with Crippen LogP contribution in [0.25, 0.3) is 22.2 Å². The molecule has 2 aromatic carbocycles. The van der Waals surface area contributed by atoms with Crippen molar-refractivity contribution in [2.24, 2.45) is 0 Å². The molecule has 0 radical (unpaired) electrons. The summed E-state index contributed by atoms with van der Waals surface area (Å²) in [5, 5.41) is 0.204. The molecule has 3 rings (SSSR count). The van der Waals surface area contributed by atoms with Gasteiger partial charge in [0.25, 0.3) is 0 Å². The summed E-state index contributed by atoms with van der Waals surface area (Å²) < 4.78 is 40.1. The SMILES string of the molecule is Cc1ccc(-c2[nH]c3ccccc3c2C(F)(F)F)cc1. The Balaban J connectivity index is 2.32. The minimum atomic E-state index is -4.39. The average molecular weight is 275 g/mol. The van der Waals surface area contributed by atoms with E-state index in [1.807, 2.05) is 6.92 Å². The van der Waals surface area contributed by atoms with Crippen LogP contribution >= 0.6 is 0 Å². The number of halogens is 3. The number of benzene rings is 2. The van der Waals surface area contributed by atoms with Crippen LogP contribution in [0.3, 0.4) is 0 Å². The third kappa shape index (κ3) is 2.07. The largest absolute Gasteiger partial charge is 0.419 e. The maximum atomic E-state index is 13.4. The van der Waals surface area contributed by atoms with E-state index in [4.69, 9.17) is 0 Å². The zero-order valence-electron chi connectivity index (χ0n) is 10.8. The molecule has 4 heteroatoms. The Bertz CT molecular complexity index is 751. The highest BCUT2D eigenvalue weighted by Crippen LogP contribution is 2.41. The van der Waals surface area contributed by atoms with Crippen LogP contribution in [0, 0.1) is 6.92 Å². The zero-order chi connectivity index (χ0) is 14.3. The second-order valence-corrected chi connectivity index (χ2v) is 4.78. The van der Waals surface area contributed by atoms with Gasteiger partial charge in [0.1, 0.15) is 0 Å². The van der Waals surface area contributed by atoms with Crippen LogP contribution in [0.15, 0.2) is 48.5 Å². The van der Waals surface area contributed by atoms with Gasteiger partial charge >= 0.3 is 6.18 Å². The monoisotopic (exact) mass is 275 g/mol. The van der Waals surface area contributed by atoms with Gasteiger partial charge in [-0.2, -0.15) is 13.2 Å². The van der Waals surface area contributed by atoms with Gasteiger partial charge in [0.15, 0.2) is 0 Å². The van der Waals surface area contributed by atoms with E-state index in [0.717, 1.165) is 5.56 Å². The Morgan fingerprint density at radius 2 is 1.55 bits per heavy atom. The van der Waals surface area contributed by atoms with Crippen molar-refractivity contribution >= 4 is 10.9 Å². The third-order valence-electron chi connectivity index (χ3n) is 3.33. The van der Waals surface area contributed by atoms with Crippen molar-refractivity contribution in [1.29, 1.82) is 0 Å². The van der Waals surface area contributed by atoms with Gasteiger partial charge in [0.2, 0.25) is 0 Å². The van der Waals surface area contributed by atoms with Crippen molar-refractivity contribution in [3.8, 4) is 11.3 Å². The second kappa shape index (κ2) is 4.40. The van der Waals surface area contributed by atoms with E-state index in [0.29, 0.717) is 11.1 Å². The molecule has 0 bridgehead atoms. The van der Waals surface area contributed by atoms with Gasteiger partial charge in [-0.1, -0.05) is 48.0 Å². The number of hydrogen-bond donors (Lipinski definition) is 1. The van der Waals surface area contributed by atoms with Crippen molar-refractivity contribution in [3.63, 3.8) is 0 Å². The van der Waals surface area contributed by atoms with Crippen molar-refractivity contribution in [1.82, 2.24) is 4.98 Å². The van der Waals surface area contributed by atoms with Gasteiger partial charge in [-0.05, 0) is 18.6 Å². The number of H-pyrrole nitrogens is 1. The Morgan fingerprint density at radius 3 is 2.20 bits per heavy atom. The van der Waals surface area contributed by atoms with E-state index in [-0.39, 0.29) is 11.1 Å². The first-order chi connectivity index (χ1) is 9.47. The third-order valence-corrected chi connectivity index (χ3v) is 3.33. The number of rotatable bonds is 1. The van der Waals surface area contributed by atoms with Crippen molar-refractivity contribution in [3.05, 3.63) is 59.7 Å². The number of aryl methyl sites for hydroxylation is 1. The first-order valence-electron chi connectivity index (χ1n) is 6.22. The van der Waals surface area contributed by atoms with E-state index >= 15 is 0 Å². The van der Waals surface area contributed by atoms with Gasteiger partial charge in [-0.3, -0.25) is 0 Å². The summed E-state index contributed by atoms with van der Waals surface area (Å²) in [6, 6.07) is 13.5. The fourth-order valence-corrected chi connectivity index (χ4v) is 2.37. The molecule has 3 aromatic rings. The molecule has 0 saturated carbocycles. The molecule has 102 valence electrons. The van der Waals surface area contributed by atoms with Crippen LogP contribution < -0.4 is 0 Å². The molecule has 1 N–H and O–H groups in total. The predicted molar refractivity (Wildman–Crippen MR) is 73.5 cm³/mol. The minimum Gasteiger partial charge on any atom is -0.354 e. The lowest BCUT2D eigenvalue weighted by molar-refractivity contribution is -0.135. The van der Waals surface area contributed by atoms with E-state index < -0.39 is 11.7 Å². The second-order valence-electron chi connectivity index (χ2n) is 4.78. The number of hydrogen-bond acceptors (Lipinski definition) is 0. The molecule has 0 amide bonds. The van der Waals surface area contributed by atoms with E-state index in [1.54, 1.807) is 42.5 Å². The summed E-state index contributed by atoms with van der Waals surface area (Å²) in [4.78, 5) is 2.89. The lowest BCUT2D eigenvalue weighted by Crippen LogP contribution is -2.05. The quantitative estimate of drug-likeness (QED) is 0.631. The number of para-hydroxylation sites is 1. The highest BCUT2D eigenvalue weighted by atomic mass is 19.4. The van der Waals surface area contributed by atoms with Crippen LogP contribution in [-0.2, 0) is 6.18 Å². The number of alkyl halides is 3. The first kappa shape index (κ1) is 12.8. The topological polar surface area (TPSA) is 15.8 Å². The van der Waals surface area contributed by atoms with Gasteiger partial charge in [0.05, 0.1) is 11.3 Å². The average Bonchev–Trinajstić information content (AvgIpc) is 2.78. The van der Waals surface area contributed by atoms with Gasteiger partial charge in [-0.25, -0.2) is 0 Å². The minimum absolute atomic E-state index is 0.124. The fourth-order valence-electron chi connectivity index (χ4n) is 2.37. The van der Waals surface area contributed by atoms with Crippen LogP contribution in [0.4, 0.5) is 13.2 Å². The summed E-state index contributed by atoms with van der Waals surface area (Å²) in [5.74, 6) is 0. The number of fused-ring (bicyclic) bond motifs is 1. The molecule has 0 atom stereocenters. The van der Waals surface area contributed by atoms with Crippen LogP contribution in [0.1, 0.15) is 11.1 Å². The summed E-state index contributed by atoms with van der Waals surface area (Å²) in [6.45, 7) is 1.90. The van der Waals surface area contributed by atoms with Gasteiger partial charge < -0.3 is 4.98 Å². The fraction of sp³-hybridized carbons (Fsp3) is 0.125. The molecule has 0 aliphatic heterocycles. The molecule has 0 unspecified atom stereocenters. The molecule has 1 aromatic heterocycles. The molecule has 0 aliphatic carbocycles. The molecule has 1 nitrogen and oxygen atoms in total. The molecular weight excluding hydrogens is 263 g/mol. The van der Waals surface area contributed by atoms with Crippen LogP contribution in [0.2, 0.25) is 0 Å². The molecule has 0 aliphatic rings. The van der Waals surface area contributed by atoms with Gasteiger partial charge in [-0.15, -0.1) is 0 Å². The lowest BCUT2D eigenvalue weighted by atomic mass is 10.0. The van der Waals surface area contributed by atoms with Crippen LogP contribution in [0.5, 0.6) is 0 Å². The Kier molecular flexibility index (Phi) is 2.82. The van der Waals surface area contributed by atoms with Crippen molar-refractivity contribution < 1.29 is 13.2 Å². The first-order valence-corrected chi connectivity index (χ1v) is 6.22. The normalized spacial score (nSPS) is 12.0. The smallest absolute Gasteiger partial charge is 0.354 e. The molecular formula is C16H12F3N. The van der Waals surface area contributed by atoms with Gasteiger partial charge in [0, 0.05) is 10.9 Å². The Morgan fingerprint density at radius 1 is 0.900 bits per heavy atom. The standard InChI is InChI=1S/C16H12F3N/c1-10-6-8-11(9-7-10)15-14(16(17,18)19)12-4-2-3-5-13(12)20-15/h2-9,20H,1H3. The van der Waals surface area contributed by atoms with Crippen LogP contribution in [-0.4, -0.2) is 4.98 Å². The number of aromatic nitrogens is 1. The maximum Gasteiger partial charge on any atom is 0.419 e. The van der Waals surface area contributed by atoms with E-state index in [1.165, 1.54) is 6.07 Å². The molecule has 0 saturated heterocycles. The number of nitrogens with one attached hydrogen (secondary N) is 1. The molecule has 0 fully saturated rings. The van der Waals surface area contributed by atoms with Crippen molar-refractivity contribution in [2.75, 3.05) is 0 Å². The Labute approximate surface area is 114 Å². The Hall–Kier alpha value is -2.23. The number of aromatic amines is 1. The predicted octanol–water partition coefficient (Wildman–Crippen LogP) is 5.16. The summed E-state index contributed by atoms with van der Waals surface area (Å²) in [7, 11) is 0. The molecule has 1 heterocycles. The lowest BCUT2D eigenvalue weighted by Gasteiger charge is -2.09. The highest BCUT2D eigenvalue weighted by Gasteiger charge is 2.37.